The first-order chi connectivity index (χ1) is 13.5. The van der Waals surface area contributed by atoms with Gasteiger partial charge in [-0.3, -0.25) is 14.4 Å². The van der Waals surface area contributed by atoms with E-state index in [9.17, 15) is 14.4 Å². The normalized spacial score (nSPS) is 10.1. The third kappa shape index (κ3) is 7.11. The third-order valence-corrected chi connectivity index (χ3v) is 3.83. The summed E-state index contributed by atoms with van der Waals surface area (Å²) in [4.78, 5) is 35.5. The van der Waals surface area contributed by atoms with Gasteiger partial charge in [-0.15, -0.1) is 0 Å². The van der Waals surface area contributed by atoms with Crippen LogP contribution in [0.3, 0.4) is 0 Å². The number of amides is 2. The number of aryl methyl sites for hydroxylation is 1. The molecule has 0 aliphatic heterocycles. The first kappa shape index (κ1) is 21.0. The monoisotopic (exact) mass is 384 g/mol. The van der Waals surface area contributed by atoms with Crippen LogP contribution >= 0.6 is 0 Å². The number of methoxy groups -OCH3 is 1. The number of benzene rings is 2. The molecule has 2 aromatic carbocycles. The fourth-order valence-corrected chi connectivity index (χ4v) is 2.49. The van der Waals surface area contributed by atoms with E-state index in [1.54, 1.807) is 30.3 Å². The van der Waals surface area contributed by atoms with Gasteiger partial charge in [-0.05, 0) is 43.2 Å². The lowest BCUT2D eigenvalue weighted by atomic mass is 10.2. The second kappa shape index (κ2) is 10.7. The molecule has 0 fully saturated rings. The molecule has 0 spiro atoms. The van der Waals surface area contributed by atoms with Crippen molar-refractivity contribution < 1.29 is 23.9 Å². The first-order valence-corrected chi connectivity index (χ1v) is 8.93. The number of hydrogen-bond acceptors (Lipinski definition) is 5. The fraction of sp³-hybridized carbons (Fsp3) is 0.286. The van der Waals surface area contributed by atoms with Crippen molar-refractivity contribution in [3.63, 3.8) is 0 Å². The molecule has 0 atom stereocenters. The molecule has 2 N–H and O–H groups in total. The predicted molar refractivity (Wildman–Crippen MR) is 106 cm³/mol. The Labute approximate surface area is 164 Å². The molecule has 148 valence electrons. The number of rotatable bonds is 9. The van der Waals surface area contributed by atoms with Crippen LogP contribution in [0, 0.1) is 6.92 Å². The summed E-state index contributed by atoms with van der Waals surface area (Å²) in [6.07, 6.45) is 0.527. The molecule has 0 aliphatic carbocycles. The Hall–Kier alpha value is -3.35. The average molecular weight is 384 g/mol. The van der Waals surface area contributed by atoms with Gasteiger partial charge in [0.25, 0.3) is 5.91 Å². The van der Waals surface area contributed by atoms with E-state index < -0.39 is 11.9 Å². The Kier molecular flexibility index (Phi) is 8.02. The van der Waals surface area contributed by atoms with E-state index in [1.165, 1.54) is 7.11 Å². The smallest absolute Gasteiger partial charge is 0.306 e. The number of para-hydroxylation sites is 2. The summed E-state index contributed by atoms with van der Waals surface area (Å²) in [6, 6.07) is 14.4. The summed E-state index contributed by atoms with van der Waals surface area (Å²) >= 11 is 0. The van der Waals surface area contributed by atoms with Crippen LogP contribution < -0.4 is 15.4 Å². The van der Waals surface area contributed by atoms with Gasteiger partial charge < -0.3 is 20.1 Å². The summed E-state index contributed by atoms with van der Waals surface area (Å²) in [6.45, 7) is 1.56. The number of carbonyl (C=O) groups is 3. The van der Waals surface area contributed by atoms with E-state index in [4.69, 9.17) is 9.47 Å². The van der Waals surface area contributed by atoms with Gasteiger partial charge in [0, 0.05) is 18.5 Å². The quantitative estimate of drug-likeness (QED) is 0.647. The number of esters is 1. The molecular weight excluding hydrogens is 360 g/mol. The van der Waals surface area contributed by atoms with Crippen molar-refractivity contribution in [1.82, 2.24) is 0 Å². The lowest BCUT2D eigenvalue weighted by Crippen LogP contribution is -2.21. The maximum Gasteiger partial charge on any atom is 0.306 e. The van der Waals surface area contributed by atoms with Crippen molar-refractivity contribution in [1.29, 1.82) is 0 Å². The van der Waals surface area contributed by atoms with Crippen LogP contribution in [-0.4, -0.2) is 31.5 Å². The van der Waals surface area contributed by atoms with Crippen molar-refractivity contribution in [3.8, 4) is 5.75 Å². The lowest BCUT2D eigenvalue weighted by molar-refractivity contribution is -0.147. The second-order valence-electron chi connectivity index (χ2n) is 6.18. The van der Waals surface area contributed by atoms with Crippen molar-refractivity contribution >= 4 is 29.2 Å². The zero-order valence-corrected chi connectivity index (χ0v) is 16.0. The Morgan fingerprint density at radius 3 is 2.46 bits per heavy atom. The van der Waals surface area contributed by atoms with Gasteiger partial charge in [-0.2, -0.15) is 0 Å². The molecule has 0 aliphatic rings. The van der Waals surface area contributed by atoms with Gasteiger partial charge in [-0.25, -0.2) is 0 Å². The van der Waals surface area contributed by atoms with E-state index in [0.717, 1.165) is 5.56 Å². The van der Waals surface area contributed by atoms with Gasteiger partial charge in [0.15, 0.2) is 6.61 Å². The highest BCUT2D eigenvalue weighted by molar-refractivity contribution is 5.93. The van der Waals surface area contributed by atoms with Crippen LogP contribution in [-0.2, 0) is 19.1 Å². The molecule has 2 amide bonds. The zero-order valence-electron chi connectivity index (χ0n) is 16.0. The zero-order chi connectivity index (χ0) is 20.4. The van der Waals surface area contributed by atoms with E-state index in [2.05, 4.69) is 10.6 Å². The van der Waals surface area contributed by atoms with Crippen LogP contribution in [0.1, 0.15) is 24.8 Å². The van der Waals surface area contributed by atoms with Crippen LogP contribution in [0.5, 0.6) is 5.75 Å². The third-order valence-electron chi connectivity index (χ3n) is 3.83. The molecule has 7 nitrogen and oxygen atoms in total. The Balaban J connectivity index is 1.65. The molecule has 0 saturated carbocycles. The van der Waals surface area contributed by atoms with Crippen LogP contribution in [0.15, 0.2) is 48.5 Å². The summed E-state index contributed by atoms with van der Waals surface area (Å²) in [5, 5.41) is 5.40. The van der Waals surface area contributed by atoms with Gasteiger partial charge in [0.1, 0.15) is 5.75 Å². The predicted octanol–water partition coefficient (Wildman–Crippen LogP) is 3.29. The summed E-state index contributed by atoms with van der Waals surface area (Å²) in [7, 11) is 1.52. The molecule has 2 aromatic rings. The first-order valence-electron chi connectivity index (χ1n) is 8.93. The average Bonchev–Trinajstić information content (AvgIpc) is 2.67. The van der Waals surface area contributed by atoms with Crippen molar-refractivity contribution in [2.24, 2.45) is 0 Å². The van der Waals surface area contributed by atoms with Crippen molar-refractivity contribution in [2.45, 2.75) is 26.2 Å². The maximum absolute atomic E-state index is 12.0. The second-order valence-corrected chi connectivity index (χ2v) is 6.18. The molecule has 0 heterocycles. The van der Waals surface area contributed by atoms with E-state index in [-0.39, 0.29) is 25.4 Å². The Morgan fingerprint density at radius 1 is 0.929 bits per heavy atom. The van der Waals surface area contributed by atoms with Gasteiger partial charge in [0.05, 0.1) is 12.8 Å². The number of hydrogen-bond donors (Lipinski definition) is 2. The van der Waals surface area contributed by atoms with Crippen molar-refractivity contribution in [3.05, 3.63) is 54.1 Å². The molecule has 0 radical (unpaired) electrons. The van der Waals surface area contributed by atoms with Gasteiger partial charge in [-0.1, -0.05) is 24.3 Å². The topological polar surface area (TPSA) is 93.7 Å². The largest absolute Gasteiger partial charge is 0.495 e. The maximum atomic E-state index is 12.0. The molecule has 0 bridgehead atoms. The molecule has 0 aromatic heterocycles. The summed E-state index contributed by atoms with van der Waals surface area (Å²) in [5.74, 6) is -0.596. The van der Waals surface area contributed by atoms with E-state index in [0.29, 0.717) is 23.5 Å². The van der Waals surface area contributed by atoms with E-state index >= 15 is 0 Å². The highest BCUT2D eigenvalue weighted by Crippen LogP contribution is 2.23. The van der Waals surface area contributed by atoms with Gasteiger partial charge >= 0.3 is 5.97 Å². The molecular formula is C21H24N2O5. The SMILES string of the molecule is COc1ccccc1NC(=O)CCCC(=O)OCC(=O)Nc1cccc(C)c1. The minimum atomic E-state index is -0.524. The minimum Gasteiger partial charge on any atom is -0.495 e. The van der Waals surface area contributed by atoms with Crippen LogP contribution in [0.25, 0.3) is 0 Å². The minimum absolute atomic E-state index is 0.0526. The Bertz CT molecular complexity index is 835. The fourth-order valence-electron chi connectivity index (χ4n) is 2.49. The highest BCUT2D eigenvalue weighted by atomic mass is 16.5. The molecule has 2 rings (SSSR count). The Morgan fingerprint density at radius 2 is 1.71 bits per heavy atom. The van der Waals surface area contributed by atoms with Crippen LogP contribution in [0.2, 0.25) is 0 Å². The molecule has 0 saturated heterocycles. The highest BCUT2D eigenvalue weighted by Gasteiger charge is 2.11. The number of carbonyl (C=O) groups excluding carboxylic acids is 3. The summed E-state index contributed by atoms with van der Waals surface area (Å²) < 4.78 is 10.1. The standard InChI is InChI=1S/C21H24N2O5/c1-15-7-5-8-16(13-15)22-20(25)14-28-21(26)12-6-11-19(24)23-17-9-3-4-10-18(17)27-2/h3-5,7-10,13H,6,11-12,14H2,1-2H3,(H,22,25)(H,23,24). The molecule has 0 unspecified atom stereocenters. The number of nitrogens with one attached hydrogen (secondary N) is 2. The lowest BCUT2D eigenvalue weighted by Gasteiger charge is -2.10. The molecule has 28 heavy (non-hydrogen) atoms. The van der Waals surface area contributed by atoms with Crippen molar-refractivity contribution in [2.75, 3.05) is 24.4 Å². The molecule has 7 heteroatoms. The number of anilines is 2. The van der Waals surface area contributed by atoms with Gasteiger partial charge in [0.2, 0.25) is 5.91 Å². The van der Waals surface area contributed by atoms with E-state index in [1.807, 2.05) is 25.1 Å². The van der Waals surface area contributed by atoms with Crippen LogP contribution in [0.4, 0.5) is 11.4 Å². The number of ether oxygens (including phenoxy) is 2. The summed E-state index contributed by atoms with van der Waals surface area (Å²) in [5.41, 5.74) is 2.24.